The molecule has 1 aliphatic heterocycles. The summed E-state index contributed by atoms with van der Waals surface area (Å²) in [5.41, 5.74) is 6.30. The van der Waals surface area contributed by atoms with Crippen molar-refractivity contribution in [3.63, 3.8) is 0 Å². The van der Waals surface area contributed by atoms with Gasteiger partial charge in [0, 0.05) is 17.7 Å². The molecule has 1 saturated carbocycles. The van der Waals surface area contributed by atoms with Crippen LogP contribution in [0, 0.1) is 0 Å². The van der Waals surface area contributed by atoms with Gasteiger partial charge in [0.15, 0.2) is 0 Å². The Morgan fingerprint density at radius 1 is 0.917 bits per heavy atom. The molecule has 0 bridgehead atoms. The number of aryl methyl sites for hydroxylation is 1. The molecule has 1 aliphatic carbocycles. The van der Waals surface area contributed by atoms with Gasteiger partial charge in [0.2, 0.25) is 5.91 Å². The van der Waals surface area contributed by atoms with E-state index in [-0.39, 0.29) is 5.91 Å². The summed E-state index contributed by atoms with van der Waals surface area (Å²) >= 11 is 0. The first-order valence-electron chi connectivity index (χ1n) is 8.75. The second-order valence-corrected chi connectivity index (χ2v) is 6.91. The smallest absolute Gasteiger partial charge is 0.224 e. The minimum absolute atomic E-state index is 0.106. The van der Waals surface area contributed by atoms with Gasteiger partial charge in [-0.2, -0.15) is 0 Å². The number of amides is 1. The van der Waals surface area contributed by atoms with Gasteiger partial charge in [-0.1, -0.05) is 48.5 Å². The van der Waals surface area contributed by atoms with Gasteiger partial charge >= 0.3 is 0 Å². The van der Waals surface area contributed by atoms with E-state index in [9.17, 15) is 4.79 Å². The fourth-order valence-corrected chi connectivity index (χ4v) is 4.02. The molecule has 0 saturated heterocycles. The van der Waals surface area contributed by atoms with Gasteiger partial charge in [-0.05, 0) is 58.7 Å². The summed E-state index contributed by atoms with van der Waals surface area (Å²) in [7, 11) is 0. The quantitative estimate of drug-likeness (QED) is 0.651. The first-order chi connectivity index (χ1) is 11.8. The lowest BCUT2D eigenvalue weighted by Gasteiger charge is -2.23. The van der Waals surface area contributed by atoms with E-state index in [1.54, 1.807) is 0 Å². The molecule has 0 radical (unpaired) electrons. The lowest BCUT2D eigenvalue weighted by molar-refractivity contribution is -0.116. The van der Waals surface area contributed by atoms with Gasteiger partial charge in [-0.3, -0.25) is 4.79 Å². The predicted octanol–water partition coefficient (Wildman–Crippen LogP) is 5.27. The van der Waals surface area contributed by atoms with Gasteiger partial charge in [-0.25, -0.2) is 0 Å². The van der Waals surface area contributed by atoms with E-state index in [4.69, 9.17) is 0 Å². The fraction of sp³-hybridized carbons (Fsp3) is 0.227. The highest BCUT2D eigenvalue weighted by molar-refractivity contribution is 6.01. The summed E-state index contributed by atoms with van der Waals surface area (Å²) in [4.78, 5) is 12.2. The molecule has 1 heterocycles. The number of anilines is 1. The number of para-hydroxylation sites is 1. The Hall–Kier alpha value is -2.61. The van der Waals surface area contributed by atoms with Crippen LogP contribution in [-0.4, -0.2) is 5.91 Å². The number of rotatable bonds is 1. The maximum Gasteiger partial charge on any atom is 0.224 e. The Labute approximate surface area is 141 Å². The summed E-state index contributed by atoms with van der Waals surface area (Å²) in [6, 6.07) is 19.2. The molecular weight excluding hydrogens is 294 g/mol. The fourth-order valence-electron chi connectivity index (χ4n) is 4.02. The molecule has 0 unspecified atom stereocenters. The van der Waals surface area contributed by atoms with Crippen LogP contribution in [0.1, 0.15) is 36.3 Å². The number of carbonyl (C=O) groups is 1. The molecule has 1 fully saturated rings. The Bertz CT molecular complexity index is 969. The second-order valence-electron chi connectivity index (χ2n) is 6.91. The highest BCUT2D eigenvalue weighted by Crippen LogP contribution is 2.50. The molecule has 2 aliphatic rings. The van der Waals surface area contributed by atoms with Crippen LogP contribution in [0.15, 0.2) is 54.6 Å². The van der Waals surface area contributed by atoms with E-state index >= 15 is 0 Å². The Kier molecular flexibility index (Phi) is 2.99. The normalized spacial score (nSPS) is 16.8. The zero-order chi connectivity index (χ0) is 16.1. The Morgan fingerprint density at radius 3 is 2.58 bits per heavy atom. The average Bonchev–Trinajstić information content (AvgIpc) is 3.43. The molecule has 118 valence electrons. The van der Waals surface area contributed by atoms with E-state index in [0.29, 0.717) is 12.3 Å². The summed E-state index contributed by atoms with van der Waals surface area (Å²) < 4.78 is 0. The van der Waals surface area contributed by atoms with Gasteiger partial charge in [-0.15, -0.1) is 0 Å². The Balaban J connectivity index is 1.90. The zero-order valence-corrected chi connectivity index (χ0v) is 13.5. The minimum Gasteiger partial charge on any atom is -0.326 e. The average molecular weight is 313 g/mol. The summed E-state index contributed by atoms with van der Waals surface area (Å²) in [5.74, 6) is 0.766. The molecule has 3 aromatic carbocycles. The molecule has 3 aromatic rings. The van der Waals surface area contributed by atoms with Crippen LogP contribution >= 0.6 is 0 Å². The van der Waals surface area contributed by atoms with E-state index in [0.717, 1.165) is 12.1 Å². The second kappa shape index (κ2) is 5.20. The number of hydrogen-bond donors (Lipinski definition) is 1. The standard InChI is InChI=1S/C22H19NO/c24-20-12-11-16-13-15-5-1-2-6-17(15)21(14-9-10-14)22(16)18-7-3-4-8-19(18)23-20/h1-8,13-14H,9-12H2,(H,23,24). The van der Waals surface area contributed by atoms with Crippen LogP contribution in [0.4, 0.5) is 5.69 Å². The van der Waals surface area contributed by atoms with E-state index in [2.05, 4.69) is 47.8 Å². The third-order valence-electron chi connectivity index (χ3n) is 5.25. The first kappa shape index (κ1) is 13.8. The Morgan fingerprint density at radius 2 is 1.71 bits per heavy atom. The molecule has 2 nitrogen and oxygen atoms in total. The molecule has 0 atom stereocenters. The summed E-state index contributed by atoms with van der Waals surface area (Å²) in [6.45, 7) is 0. The van der Waals surface area contributed by atoms with Crippen molar-refractivity contribution in [2.24, 2.45) is 0 Å². The lowest BCUT2D eigenvalue weighted by Crippen LogP contribution is -2.16. The summed E-state index contributed by atoms with van der Waals surface area (Å²) in [6.07, 6.45) is 3.90. The molecule has 1 amide bonds. The number of carbonyl (C=O) groups excluding carboxylic acids is 1. The molecular formula is C22H19NO. The van der Waals surface area contributed by atoms with Gasteiger partial charge in [0.05, 0.1) is 0 Å². The monoisotopic (exact) mass is 313 g/mol. The van der Waals surface area contributed by atoms with Crippen LogP contribution in [0.2, 0.25) is 0 Å². The molecule has 5 rings (SSSR count). The van der Waals surface area contributed by atoms with Gasteiger partial charge in [0.25, 0.3) is 0 Å². The molecule has 0 spiro atoms. The highest BCUT2D eigenvalue weighted by atomic mass is 16.1. The van der Waals surface area contributed by atoms with Crippen LogP contribution in [-0.2, 0) is 11.2 Å². The third kappa shape index (κ3) is 2.14. The number of nitrogens with one attached hydrogen (secondary N) is 1. The van der Waals surface area contributed by atoms with Crippen LogP contribution in [0.3, 0.4) is 0 Å². The van der Waals surface area contributed by atoms with Crippen molar-refractivity contribution in [3.05, 3.63) is 65.7 Å². The molecule has 1 N–H and O–H groups in total. The van der Waals surface area contributed by atoms with Gasteiger partial charge in [0.1, 0.15) is 0 Å². The van der Waals surface area contributed by atoms with Crippen LogP contribution in [0.25, 0.3) is 21.9 Å². The maximum atomic E-state index is 12.2. The molecule has 24 heavy (non-hydrogen) atoms. The lowest BCUT2D eigenvalue weighted by atomic mass is 9.84. The van der Waals surface area contributed by atoms with E-state index in [1.807, 2.05) is 12.1 Å². The van der Waals surface area contributed by atoms with E-state index in [1.165, 1.54) is 45.9 Å². The van der Waals surface area contributed by atoms with Crippen molar-refractivity contribution in [2.75, 3.05) is 5.32 Å². The topological polar surface area (TPSA) is 29.1 Å². The molecule has 2 heteroatoms. The summed E-state index contributed by atoms with van der Waals surface area (Å²) in [5, 5.41) is 5.78. The van der Waals surface area contributed by atoms with Gasteiger partial charge < -0.3 is 5.32 Å². The van der Waals surface area contributed by atoms with Crippen molar-refractivity contribution >= 4 is 22.4 Å². The maximum absolute atomic E-state index is 12.2. The highest BCUT2D eigenvalue weighted by Gasteiger charge is 2.31. The SMILES string of the molecule is O=C1CCc2cc3ccccc3c(C3CC3)c2-c2ccccc2N1. The molecule has 0 aromatic heterocycles. The predicted molar refractivity (Wildman–Crippen MR) is 98.3 cm³/mol. The first-order valence-corrected chi connectivity index (χ1v) is 8.75. The van der Waals surface area contributed by atoms with Crippen molar-refractivity contribution < 1.29 is 4.79 Å². The minimum atomic E-state index is 0.106. The van der Waals surface area contributed by atoms with Crippen LogP contribution in [0.5, 0.6) is 0 Å². The third-order valence-corrected chi connectivity index (χ3v) is 5.25. The largest absolute Gasteiger partial charge is 0.326 e. The van der Waals surface area contributed by atoms with E-state index < -0.39 is 0 Å². The number of benzene rings is 3. The van der Waals surface area contributed by atoms with Crippen LogP contribution < -0.4 is 5.32 Å². The number of fused-ring (bicyclic) bond motifs is 4. The van der Waals surface area contributed by atoms with Crippen molar-refractivity contribution in [2.45, 2.75) is 31.6 Å². The van der Waals surface area contributed by atoms with Crippen molar-refractivity contribution in [1.29, 1.82) is 0 Å². The van der Waals surface area contributed by atoms with Crippen molar-refractivity contribution in [1.82, 2.24) is 0 Å². The van der Waals surface area contributed by atoms with Crippen molar-refractivity contribution in [3.8, 4) is 11.1 Å². The number of hydrogen-bond acceptors (Lipinski definition) is 1. The zero-order valence-electron chi connectivity index (χ0n) is 13.5.